The fourth-order valence-electron chi connectivity index (χ4n) is 4.37. The number of allylic oxidation sites excluding steroid dienone is 1. The second kappa shape index (κ2) is 11.2. The minimum Gasteiger partial charge on any atom is -0.493 e. The number of hydrogen-bond donors (Lipinski definition) is 0. The summed E-state index contributed by atoms with van der Waals surface area (Å²) in [7, 11) is 1.58. The maximum atomic E-state index is 13.8. The molecular weight excluding hydrogens is 488 g/mol. The molecule has 194 valence electrons. The van der Waals surface area contributed by atoms with Crippen molar-refractivity contribution >= 4 is 23.4 Å². The Kier molecular flexibility index (Phi) is 7.97. The Balaban J connectivity index is 1.89. The highest BCUT2D eigenvalue weighted by Gasteiger charge is 2.33. The van der Waals surface area contributed by atoms with Crippen LogP contribution >= 0.6 is 11.3 Å². The van der Waals surface area contributed by atoms with E-state index in [2.05, 4.69) is 18.8 Å². The van der Waals surface area contributed by atoms with Crippen molar-refractivity contribution in [1.82, 2.24) is 4.57 Å². The van der Waals surface area contributed by atoms with Crippen LogP contribution < -0.4 is 24.4 Å². The number of carbonyl (C=O) groups is 1. The molecule has 3 aromatic rings. The molecule has 8 heteroatoms. The predicted octanol–water partition coefficient (Wildman–Crippen LogP) is 4.33. The molecule has 1 atom stereocenters. The van der Waals surface area contributed by atoms with Crippen LogP contribution in [0.25, 0.3) is 6.08 Å². The van der Waals surface area contributed by atoms with E-state index < -0.39 is 12.0 Å². The molecule has 0 fully saturated rings. The smallest absolute Gasteiger partial charge is 0.338 e. The third-order valence-corrected chi connectivity index (χ3v) is 7.20. The second-order valence-corrected chi connectivity index (χ2v) is 9.98. The average molecular weight is 521 g/mol. The Morgan fingerprint density at radius 2 is 1.84 bits per heavy atom. The lowest BCUT2D eigenvalue weighted by molar-refractivity contribution is -0.139. The lowest BCUT2D eigenvalue weighted by atomic mass is 9.93. The van der Waals surface area contributed by atoms with Gasteiger partial charge in [-0.05, 0) is 61.6 Å². The number of hydrogen-bond acceptors (Lipinski definition) is 7. The molecule has 37 heavy (non-hydrogen) atoms. The Labute approximate surface area is 220 Å². The van der Waals surface area contributed by atoms with Gasteiger partial charge in [-0.25, -0.2) is 9.79 Å². The highest BCUT2D eigenvalue weighted by atomic mass is 32.1. The van der Waals surface area contributed by atoms with Crippen molar-refractivity contribution in [1.29, 1.82) is 0 Å². The third-order valence-electron chi connectivity index (χ3n) is 6.22. The van der Waals surface area contributed by atoms with E-state index >= 15 is 0 Å². The first-order valence-electron chi connectivity index (χ1n) is 12.4. The number of nitrogens with zero attached hydrogens (tertiary/aromatic N) is 2. The number of aromatic nitrogens is 1. The zero-order valence-electron chi connectivity index (χ0n) is 22.0. The molecule has 1 aromatic heterocycles. The standard InChI is InChI=1S/C29H32N2O5S/c1-7-35-22-14-9-19(15-23(22)34-6)16-24-27(32)31-26(21-12-10-20(11-13-21)17(3)4)25(28(33)36-8-2)18(5)30-29(31)37-24/h9-17,26H,7-8H2,1-6H3. The van der Waals surface area contributed by atoms with Crippen LogP contribution in [0.2, 0.25) is 0 Å². The van der Waals surface area contributed by atoms with Gasteiger partial charge in [0, 0.05) is 0 Å². The zero-order valence-corrected chi connectivity index (χ0v) is 22.8. The summed E-state index contributed by atoms with van der Waals surface area (Å²) in [6.45, 7) is 10.5. The molecule has 1 aliphatic rings. The van der Waals surface area contributed by atoms with E-state index in [4.69, 9.17) is 14.2 Å². The first-order chi connectivity index (χ1) is 17.8. The fourth-order valence-corrected chi connectivity index (χ4v) is 5.42. The summed E-state index contributed by atoms with van der Waals surface area (Å²) in [6.07, 6.45) is 1.81. The molecule has 1 aliphatic heterocycles. The van der Waals surface area contributed by atoms with Crippen molar-refractivity contribution in [2.45, 2.75) is 46.6 Å². The summed E-state index contributed by atoms with van der Waals surface area (Å²) in [4.78, 5) is 32.0. The average Bonchev–Trinajstić information content (AvgIpc) is 3.18. The first kappa shape index (κ1) is 26.4. The summed E-state index contributed by atoms with van der Waals surface area (Å²) in [5.41, 5.74) is 3.51. The Bertz CT molecular complexity index is 1510. The summed E-state index contributed by atoms with van der Waals surface area (Å²) in [6, 6.07) is 12.9. The number of methoxy groups -OCH3 is 1. The van der Waals surface area contributed by atoms with E-state index in [-0.39, 0.29) is 12.2 Å². The normalized spacial score (nSPS) is 15.4. The van der Waals surface area contributed by atoms with Crippen molar-refractivity contribution in [3.05, 3.63) is 90.1 Å². The number of rotatable bonds is 8. The molecule has 7 nitrogen and oxygen atoms in total. The number of carbonyl (C=O) groups excluding carboxylic acids is 1. The van der Waals surface area contributed by atoms with Crippen LogP contribution in [0.3, 0.4) is 0 Å². The van der Waals surface area contributed by atoms with Crippen molar-refractivity contribution in [3.63, 3.8) is 0 Å². The van der Waals surface area contributed by atoms with Gasteiger partial charge in [-0.2, -0.15) is 0 Å². The van der Waals surface area contributed by atoms with Crippen LogP contribution in [0.15, 0.2) is 63.5 Å². The molecule has 0 saturated heterocycles. The molecule has 0 saturated carbocycles. The molecule has 0 bridgehead atoms. The monoisotopic (exact) mass is 520 g/mol. The van der Waals surface area contributed by atoms with E-state index in [0.717, 1.165) is 11.1 Å². The summed E-state index contributed by atoms with van der Waals surface area (Å²) >= 11 is 1.29. The van der Waals surface area contributed by atoms with Crippen molar-refractivity contribution in [2.75, 3.05) is 20.3 Å². The highest BCUT2D eigenvalue weighted by Crippen LogP contribution is 2.32. The number of thiazole rings is 1. The third kappa shape index (κ3) is 5.25. The van der Waals surface area contributed by atoms with Gasteiger partial charge >= 0.3 is 5.97 Å². The quantitative estimate of drug-likeness (QED) is 0.413. The van der Waals surface area contributed by atoms with Crippen LogP contribution in [0, 0.1) is 0 Å². The van der Waals surface area contributed by atoms with Gasteiger partial charge < -0.3 is 14.2 Å². The first-order valence-corrected chi connectivity index (χ1v) is 13.2. The maximum Gasteiger partial charge on any atom is 0.338 e. The van der Waals surface area contributed by atoms with Gasteiger partial charge in [0.1, 0.15) is 0 Å². The van der Waals surface area contributed by atoms with Crippen molar-refractivity contribution in [2.24, 2.45) is 4.99 Å². The molecular formula is C29H32N2O5S. The van der Waals surface area contributed by atoms with Gasteiger partial charge in [0.05, 0.1) is 42.2 Å². The number of ether oxygens (including phenoxy) is 3. The number of benzene rings is 2. The minimum absolute atomic E-state index is 0.219. The van der Waals surface area contributed by atoms with Crippen LogP contribution in [0.1, 0.15) is 63.3 Å². The molecule has 2 heterocycles. The molecule has 2 aromatic carbocycles. The predicted molar refractivity (Wildman–Crippen MR) is 145 cm³/mol. The highest BCUT2D eigenvalue weighted by molar-refractivity contribution is 7.07. The lowest BCUT2D eigenvalue weighted by Crippen LogP contribution is -2.39. The molecule has 0 radical (unpaired) electrons. The fraction of sp³-hybridized carbons (Fsp3) is 0.345. The van der Waals surface area contributed by atoms with Crippen molar-refractivity contribution < 1.29 is 19.0 Å². The van der Waals surface area contributed by atoms with Crippen LogP contribution in [-0.2, 0) is 9.53 Å². The van der Waals surface area contributed by atoms with Gasteiger partial charge in [0.2, 0.25) is 0 Å². The van der Waals surface area contributed by atoms with Crippen molar-refractivity contribution in [3.8, 4) is 11.5 Å². The van der Waals surface area contributed by atoms with Crippen LogP contribution in [0.5, 0.6) is 11.5 Å². The molecule has 0 spiro atoms. The van der Waals surface area contributed by atoms with E-state index in [9.17, 15) is 9.59 Å². The topological polar surface area (TPSA) is 79.1 Å². The zero-order chi connectivity index (χ0) is 26.7. The number of fused-ring (bicyclic) bond motifs is 1. The molecule has 0 N–H and O–H groups in total. The van der Waals surface area contributed by atoms with Gasteiger partial charge in [-0.15, -0.1) is 0 Å². The van der Waals surface area contributed by atoms with Crippen LogP contribution in [0.4, 0.5) is 0 Å². The minimum atomic E-state index is -0.631. The van der Waals surface area contributed by atoms with E-state index in [1.807, 2.05) is 55.5 Å². The van der Waals surface area contributed by atoms with Gasteiger partial charge in [0.15, 0.2) is 16.3 Å². The van der Waals surface area contributed by atoms with Gasteiger partial charge in [0.25, 0.3) is 5.56 Å². The van der Waals surface area contributed by atoms with E-state index in [0.29, 0.717) is 44.6 Å². The summed E-state index contributed by atoms with van der Waals surface area (Å²) in [5, 5.41) is 0. The Hall–Kier alpha value is -3.65. The largest absolute Gasteiger partial charge is 0.493 e. The molecule has 0 amide bonds. The molecule has 1 unspecified atom stereocenters. The Morgan fingerprint density at radius 1 is 1.11 bits per heavy atom. The summed E-state index contributed by atoms with van der Waals surface area (Å²) < 4.78 is 18.6. The SMILES string of the molecule is CCOC(=O)C1=C(C)N=c2sc(=Cc3ccc(OCC)c(OC)c3)c(=O)n2C1c1ccc(C(C)C)cc1. The maximum absolute atomic E-state index is 13.8. The van der Waals surface area contributed by atoms with E-state index in [1.165, 1.54) is 16.9 Å². The van der Waals surface area contributed by atoms with Crippen LogP contribution in [-0.4, -0.2) is 30.9 Å². The summed E-state index contributed by atoms with van der Waals surface area (Å²) in [5.74, 6) is 1.13. The lowest BCUT2D eigenvalue weighted by Gasteiger charge is -2.25. The second-order valence-electron chi connectivity index (χ2n) is 8.97. The molecule has 0 aliphatic carbocycles. The molecule has 4 rings (SSSR count). The Morgan fingerprint density at radius 3 is 2.46 bits per heavy atom. The number of esters is 1. The van der Waals surface area contributed by atoms with E-state index in [1.54, 1.807) is 25.5 Å². The van der Waals surface area contributed by atoms with Gasteiger partial charge in [-0.1, -0.05) is 55.5 Å². The van der Waals surface area contributed by atoms with Gasteiger partial charge in [-0.3, -0.25) is 9.36 Å².